The van der Waals surface area contributed by atoms with Crippen molar-refractivity contribution in [2.45, 2.75) is 24.1 Å². The summed E-state index contributed by atoms with van der Waals surface area (Å²) in [4.78, 5) is 16.0. The maximum Gasteiger partial charge on any atom is 0.240 e. The first-order valence-corrected chi connectivity index (χ1v) is 7.12. The minimum Gasteiger partial charge on any atom is -0.369 e. The Bertz CT molecular complexity index is 585. The van der Waals surface area contributed by atoms with Crippen LogP contribution in [0, 0.1) is 6.92 Å². The van der Waals surface area contributed by atoms with Gasteiger partial charge in [0.15, 0.2) is 5.82 Å². The number of amides is 1. The van der Waals surface area contributed by atoms with E-state index in [1.54, 1.807) is 11.8 Å². The summed E-state index contributed by atoms with van der Waals surface area (Å²) in [6, 6.07) is 8.15. The fourth-order valence-electron chi connectivity index (χ4n) is 1.57. The molecule has 7 heteroatoms. The summed E-state index contributed by atoms with van der Waals surface area (Å²) in [7, 11) is 0. The van der Waals surface area contributed by atoms with Crippen LogP contribution in [0.1, 0.15) is 17.3 Å². The summed E-state index contributed by atoms with van der Waals surface area (Å²) in [6.07, 6.45) is 0. The molecule has 0 aliphatic carbocycles. The summed E-state index contributed by atoms with van der Waals surface area (Å²) >= 11 is 1.66. The SMILES string of the molecule is Cc1ccccc1SCc1noc(CNCC(N)=O)n1. The highest BCUT2D eigenvalue weighted by atomic mass is 32.2. The van der Waals surface area contributed by atoms with Gasteiger partial charge < -0.3 is 10.3 Å². The third kappa shape index (κ3) is 4.36. The van der Waals surface area contributed by atoms with E-state index in [1.807, 2.05) is 12.1 Å². The number of hydrogen-bond donors (Lipinski definition) is 2. The molecular weight excluding hydrogens is 276 g/mol. The Morgan fingerprint density at radius 3 is 3.00 bits per heavy atom. The van der Waals surface area contributed by atoms with Crippen LogP contribution in [0.15, 0.2) is 33.7 Å². The predicted molar refractivity (Wildman–Crippen MR) is 75.9 cm³/mol. The highest BCUT2D eigenvalue weighted by molar-refractivity contribution is 7.98. The van der Waals surface area contributed by atoms with Crippen LogP contribution in [-0.2, 0) is 17.1 Å². The minimum absolute atomic E-state index is 0.0929. The second kappa shape index (κ2) is 7.06. The van der Waals surface area contributed by atoms with E-state index >= 15 is 0 Å². The number of rotatable bonds is 7. The Balaban J connectivity index is 1.84. The molecular formula is C13H16N4O2S. The lowest BCUT2D eigenvalue weighted by molar-refractivity contribution is -0.117. The first-order valence-electron chi connectivity index (χ1n) is 6.14. The van der Waals surface area contributed by atoms with Gasteiger partial charge in [0.25, 0.3) is 0 Å². The van der Waals surface area contributed by atoms with Crippen LogP contribution < -0.4 is 11.1 Å². The average Bonchev–Trinajstić information content (AvgIpc) is 2.85. The molecule has 20 heavy (non-hydrogen) atoms. The number of nitrogens with two attached hydrogens (primary N) is 1. The van der Waals surface area contributed by atoms with E-state index in [4.69, 9.17) is 10.3 Å². The largest absolute Gasteiger partial charge is 0.369 e. The standard InChI is InChI=1S/C13H16N4O2S/c1-9-4-2-3-5-10(9)20-8-12-16-13(19-17-12)7-15-6-11(14)18/h2-5,15H,6-8H2,1H3,(H2,14,18). The van der Waals surface area contributed by atoms with Crippen molar-refractivity contribution in [1.82, 2.24) is 15.5 Å². The van der Waals surface area contributed by atoms with Crippen LogP contribution in [0.2, 0.25) is 0 Å². The number of carbonyl (C=O) groups excluding carboxylic acids is 1. The van der Waals surface area contributed by atoms with Crippen molar-refractivity contribution < 1.29 is 9.32 Å². The second-order valence-electron chi connectivity index (χ2n) is 4.23. The third-order valence-corrected chi connectivity index (χ3v) is 3.71. The van der Waals surface area contributed by atoms with E-state index in [0.717, 1.165) is 0 Å². The molecule has 0 aliphatic rings. The fourth-order valence-corrected chi connectivity index (χ4v) is 2.45. The topological polar surface area (TPSA) is 94.0 Å². The fraction of sp³-hybridized carbons (Fsp3) is 0.308. The van der Waals surface area contributed by atoms with Crippen LogP contribution in [-0.4, -0.2) is 22.6 Å². The molecule has 0 bridgehead atoms. The molecule has 106 valence electrons. The van der Waals surface area contributed by atoms with Crippen molar-refractivity contribution in [3.05, 3.63) is 41.5 Å². The van der Waals surface area contributed by atoms with E-state index in [0.29, 0.717) is 24.0 Å². The van der Waals surface area contributed by atoms with Crippen molar-refractivity contribution in [2.24, 2.45) is 5.73 Å². The summed E-state index contributed by atoms with van der Waals surface area (Å²) < 4.78 is 5.08. The van der Waals surface area contributed by atoms with Gasteiger partial charge in [0, 0.05) is 4.90 Å². The van der Waals surface area contributed by atoms with Crippen LogP contribution >= 0.6 is 11.8 Å². The maximum atomic E-state index is 10.6. The smallest absolute Gasteiger partial charge is 0.240 e. The molecule has 0 saturated carbocycles. The zero-order chi connectivity index (χ0) is 14.4. The summed E-state index contributed by atoms with van der Waals surface area (Å²) in [5.74, 6) is 1.31. The molecule has 1 aromatic heterocycles. The Kier molecular flexibility index (Phi) is 5.14. The summed E-state index contributed by atoms with van der Waals surface area (Å²) in [5.41, 5.74) is 6.24. The van der Waals surface area contributed by atoms with Gasteiger partial charge in [0.2, 0.25) is 11.8 Å². The quantitative estimate of drug-likeness (QED) is 0.746. The molecule has 3 N–H and O–H groups in total. The van der Waals surface area contributed by atoms with Crippen molar-refractivity contribution in [1.29, 1.82) is 0 Å². The third-order valence-electron chi connectivity index (χ3n) is 2.54. The molecule has 1 heterocycles. The minimum atomic E-state index is -0.417. The van der Waals surface area contributed by atoms with Gasteiger partial charge in [-0.15, -0.1) is 11.8 Å². The van der Waals surface area contributed by atoms with E-state index in [1.165, 1.54) is 10.5 Å². The van der Waals surface area contributed by atoms with E-state index in [-0.39, 0.29) is 6.54 Å². The second-order valence-corrected chi connectivity index (χ2v) is 5.25. The number of nitrogens with zero attached hydrogens (tertiary/aromatic N) is 2. The number of aromatic nitrogens is 2. The molecule has 0 spiro atoms. The Morgan fingerprint density at radius 1 is 1.45 bits per heavy atom. The zero-order valence-electron chi connectivity index (χ0n) is 11.1. The molecule has 0 unspecified atom stereocenters. The van der Waals surface area contributed by atoms with Crippen LogP contribution in [0.25, 0.3) is 0 Å². The number of hydrogen-bond acceptors (Lipinski definition) is 6. The first kappa shape index (κ1) is 14.5. The normalized spacial score (nSPS) is 10.7. The van der Waals surface area contributed by atoms with Crippen molar-refractivity contribution in [2.75, 3.05) is 6.54 Å². The van der Waals surface area contributed by atoms with Crippen molar-refractivity contribution >= 4 is 17.7 Å². The average molecular weight is 292 g/mol. The molecule has 1 amide bonds. The highest BCUT2D eigenvalue weighted by Gasteiger charge is 2.07. The summed E-state index contributed by atoms with van der Waals surface area (Å²) in [6.45, 7) is 2.50. The first-order chi connectivity index (χ1) is 9.65. The van der Waals surface area contributed by atoms with Crippen LogP contribution in [0.5, 0.6) is 0 Å². The van der Waals surface area contributed by atoms with Crippen molar-refractivity contribution in [3.8, 4) is 0 Å². The monoisotopic (exact) mass is 292 g/mol. The zero-order valence-corrected chi connectivity index (χ0v) is 11.9. The highest BCUT2D eigenvalue weighted by Crippen LogP contribution is 2.24. The van der Waals surface area contributed by atoms with E-state index < -0.39 is 5.91 Å². The lowest BCUT2D eigenvalue weighted by atomic mass is 10.2. The van der Waals surface area contributed by atoms with E-state index in [2.05, 4.69) is 34.5 Å². The summed E-state index contributed by atoms with van der Waals surface area (Å²) in [5, 5.41) is 6.72. The molecule has 0 aliphatic heterocycles. The van der Waals surface area contributed by atoms with Crippen molar-refractivity contribution in [3.63, 3.8) is 0 Å². The molecule has 0 atom stereocenters. The number of primary amides is 1. The molecule has 6 nitrogen and oxygen atoms in total. The Labute approximate surface area is 121 Å². The van der Waals surface area contributed by atoms with Gasteiger partial charge in [-0.2, -0.15) is 4.98 Å². The van der Waals surface area contributed by atoms with Gasteiger partial charge in [0.05, 0.1) is 18.8 Å². The molecule has 0 saturated heterocycles. The van der Waals surface area contributed by atoms with Gasteiger partial charge in [-0.1, -0.05) is 23.4 Å². The molecule has 0 radical (unpaired) electrons. The van der Waals surface area contributed by atoms with E-state index in [9.17, 15) is 4.79 Å². The van der Waals surface area contributed by atoms with Crippen LogP contribution in [0.4, 0.5) is 0 Å². The molecule has 0 fully saturated rings. The number of aryl methyl sites for hydroxylation is 1. The molecule has 2 rings (SSSR count). The number of carbonyl (C=O) groups is 1. The number of benzene rings is 1. The Hall–Kier alpha value is -1.86. The Morgan fingerprint density at radius 2 is 2.25 bits per heavy atom. The number of nitrogens with one attached hydrogen (secondary N) is 1. The van der Waals surface area contributed by atoms with Gasteiger partial charge >= 0.3 is 0 Å². The van der Waals surface area contributed by atoms with Gasteiger partial charge in [-0.25, -0.2) is 0 Å². The lowest BCUT2D eigenvalue weighted by Crippen LogP contribution is -2.28. The van der Waals surface area contributed by atoms with Gasteiger partial charge in [-0.05, 0) is 18.6 Å². The molecule has 2 aromatic rings. The maximum absolute atomic E-state index is 10.6. The lowest BCUT2D eigenvalue weighted by Gasteiger charge is -2.01. The number of thioether (sulfide) groups is 1. The van der Waals surface area contributed by atoms with Gasteiger partial charge in [-0.3, -0.25) is 10.1 Å². The van der Waals surface area contributed by atoms with Gasteiger partial charge in [0.1, 0.15) is 0 Å². The molecule has 1 aromatic carbocycles. The van der Waals surface area contributed by atoms with Crippen LogP contribution in [0.3, 0.4) is 0 Å². The predicted octanol–water partition coefficient (Wildman–Crippen LogP) is 1.25.